The molecule has 0 amide bonds. The average molecular weight is 227 g/mol. The zero-order valence-corrected chi connectivity index (χ0v) is 9.55. The monoisotopic (exact) mass is 227 g/mol. The summed E-state index contributed by atoms with van der Waals surface area (Å²) in [6.45, 7) is 4.59. The lowest BCUT2D eigenvalue weighted by atomic mass is 10.0. The number of ether oxygens (including phenoxy) is 1. The second kappa shape index (κ2) is 5.30. The summed E-state index contributed by atoms with van der Waals surface area (Å²) < 4.78 is 18.9. The molecule has 0 unspecified atom stereocenters. The quantitative estimate of drug-likeness (QED) is 0.744. The van der Waals surface area contributed by atoms with Gasteiger partial charge in [0.05, 0.1) is 0 Å². The third-order valence-corrected chi connectivity index (χ3v) is 3.02. The van der Waals surface area contributed by atoms with Crippen molar-refractivity contribution in [2.75, 3.05) is 26.4 Å². The van der Waals surface area contributed by atoms with E-state index in [0.717, 1.165) is 32.6 Å². The highest BCUT2D eigenvalue weighted by atomic mass is 19.1. The first-order chi connectivity index (χ1) is 7.77. The highest BCUT2D eigenvalue weighted by Crippen LogP contribution is 2.14. The smallest absolute Gasteiger partial charge is 0.183 e. The van der Waals surface area contributed by atoms with E-state index in [1.54, 1.807) is 6.92 Å². The Morgan fingerprint density at radius 3 is 3.00 bits per heavy atom. The molecule has 1 saturated heterocycles. The predicted molar refractivity (Wildman–Crippen MR) is 60.8 cm³/mol. The van der Waals surface area contributed by atoms with Gasteiger partial charge in [-0.05, 0) is 25.7 Å². The second-order valence-electron chi connectivity index (χ2n) is 4.22. The number of amidine groups is 1. The molecule has 2 aliphatic rings. The molecule has 0 atom stereocenters. The SMILES string of the molecule is CC1=C(F)C(NCC2CCOCC2)=NCN1. The van der Waals surface area contributed by atoms with Gasteiger partial charge in [0.2, 0.25) is 0 Å². The van der Waals surface area contributed by atoms with Crippen LogP contribution in [-0.4, -0.2) is 32.3 Å². The van der Waals surface area contributed by atoms with Gasteiger partial charge in [0.1, 0.15) is 6.67 Å². The minimum Gasteiger partial charge on any atom is -0.381 e. The number of rotatable bonds is 2. The van der Waals surface area contributed by atoms with E-state index in [-0.39, 0.29) is 5.83 Å². The lowest BCUT2D eigenvalue weighted by molar-refractivity contribution is 0.0676. The average Bonchev–Trinajstić information content (AvgIpc) is 2.32. The van der Waals surface area contributed by atoms with Gasteiger partial charge in [-0.15, -0.1) is 0 Å². The fraction of sp³-hybridized carbons (Fsp3) is 0.727. The lowest BCUT2D eigenvalue weighted by Crippen LogP contribution is -2.36. The van der Waals surface area contributed by atoms with Crippen molar-refractivity contribution in [1.29, 1.82) is 0 Å². The summed E-state index contributed by atoms with van der Waals surface area (Å²) >= 11 is 0. The molecule has 90 valence electrons. The Hall–Kier alpha value is -1.10. The van der Waals surface area contributed by atoms with Gasteiger partial charge < -0.3 is 15.4 Å². The number of halogens is 1. The van der Waals surface area contributed by atoms with Crippen LogP contribution in [0.1, 0.15) is 19.8 Å². The summed E-state index contributed by atoms with van der Waals surface area (Å²) in [6, 6.07) is 0. The normalized spacial score (nSPS) is 22.8. The van der Waals surface area contributed by atoms with E-state index in [2.05, 4.69) is 15.6 Å². The molecule has 0 aromatic heterocycles. The van der Waals surface area contributed by atoms with Crippen molar-refractivity contribution in [2.45, 2.75) is 19.8 Å². The van der Waals surface area contributed by atoms with Crippen molar-refractivity contribution < 1.29 is 9.13 Å². The summed E-state index contributed by atoms with van der Waals surface area (Å²) in [6.07, 6.45) is 2.09. The Labute approximate surface area is 95.0 Å². The van der Waals surface area contributed by atoms with Crippen LogP contribution in [0, 0.1) is 5.92 Å². The third kappa shape index (κ3) is 2.72. The van der Waals surface area contributed by atoms with E-state index in [1.165, 1.54) is 0 Å². The van der Waals surface area contributed by atoms with E-state index >= 15 is 0 Å². The Balaban J connectivity index is 1.83. The van der Waals surface area contributed by atoms with E-state index in [9.17, 15) is 4.39 Å². The molecular weight excluding hydrogens is 209 g/mol. The Kier molecular flexibility index (Phi) is 3.77. The molecule has 16 heavy (non-hydrogen) atoms. The number of nitrogens with one attached hydrogen (secondary N) is 2. The van der Waals surface area contributed by atoms with Crippen LogP contribution in [0.25, 0.3) is 0 Å². The minimum absolute atomic E-state index is 0.265. The van der Waals surface area contributed by atoms with E-state index in [1.807, 2.05) is 0 Å². The molecule has 0 radical (unpaired) electrons. The molecule has 0 spiro atoms. The standard InChI is InChI=1S/C11H18FN3O/c1-8-10(12)11(15-7-14-8)13-6-9-2-4-16-5-3-9/h9,14H,2-7H2,1H3,(H,13,15). The van der Waals surface area contributed by atoms with Gasteiger partial charge in [-0.3, -0.25) is 0 Å². The van der Waals surface area contributed by atoms with Crippen LogP contribution in [-0.2, 0) is 4.74 Å². The predicted octanol–water partition coefficient (Wildman–Crippen LogP) is 1.16. The summed E-state index contributed by atoms with van der Waals surface area (Å²) in [5.74, 6) is 0.695. The molecule has 0 aromatic carbocycles. The van der Waals surface area contributed by atoms with Crippen molar-refractivity contribution in [1.82, 2.24) is 10.6 Å². The summed E-state index contributed by atoms with van der Waals surface area (Å²) in [5.41, 5.74) is 0.560. The first kappa shape index (κ1) is 11.4. The number of aliphatic imine (C=N–C) groups is 1. The molecule has 0 aliphatic carbocycles. The zero-order valence-electron chi connectivity index (χ0n) is 9.55. The maximum absolute atomic E-state index is 13.6. The van der Waals surface area contributed by atoms with Crippen LogP contribution in [0.3, 0.4) is 0 Å². The fourth-order valence-electron chi connectivity index (χ4n) is 1.89. The molecule has 2 N–H and O–H groups in total. The van der Waals surface area contributed by atoms with Gasteiger partial charge in [0.25, 0.3) is 0 Å². The van der Waals surface area contributed by atoms with Crippen molar-refractivity contribution in [3.05, 3.63) is 11.5 Å². The van der Waals surface area contributed by atoms with Crippen LogP contribution in [0.2, 0.25) is 0 Å². The molecule has 4 nitrogen and oxygen atoms in total. The number of hydrogen-bond acceptors (Lipinski definition) is 4. The molecular formula is C11H18FN3O. The number of nitrogens with zero attached hydrogens (tertiary/aromatic N) is 1. The molecule has 0 bridgehead atoms. The van der Waals surface area contributed by atoms with Gasteiger partial charge in [-0.25, -0.2) is 9.38 Å². The summed E-state index contributed by atoms with van der Waals surface area (Å²) in [5, 5.41) is 5.95. The topological polar surface area (TPSA) is 45.6 Å². The van der Waals surface area contributed by atoms with Crippen LogP contribution < -0.4 is 10.6 Å². The molecule has 1 fully saturated rings. The Morgan fingerprint density at radius 2 is 2.25 bits per heavy atom. The molecule has 2 heterocycles. The second-order valence-corrected chi connectivity index (χ2v) is 4.22. The van der Waals surface area contributed by atoms with Crippen LogP contribution in [0.15, 0.2) is 16.5 Å². The van der Waals surface area contributed by atoms with Gasteiger partial charge >= 0.3 is 0 Å². The van der Waals surface area contributed by atoms with Crippen molar-refractivity contribution >= 4 is 5.84 Å². The lowest BCUT2D eigenvalue weighted by Gasteiger charge is -2.24. The zero-order chi connectivity index (χ0) is 11.4. The van der Waals surface area contributed by atoms with Crippen LogP contribution >= 0.6 is 0 Å². The van der Waals surface area contributed by atoms with Crippen molar-refractivity contribution in [3.8, 4) is 0 Å². The minimum atomic E-state index is -0.265. The molecule has 2 aliphatic heterocycles. The number of allylic oxidation sites excluding steroid dienone is 1. The molecule has 2 rings (SSSR count). The van der Waals surface area contributed by atoms with Crippen molar-refractivity contribution in [2.24, 2.45) is 10.9 Å². The van der Waals surface area contributed by atoms with Crippen LogP contribution in [0.5, 0.6) is 0 Å². The first-order valence-corrected chi connectivity index (χ1v) is 5.74. The van der Waals surface area contributed by atoms with E-state index < -0.39 is 0 Å². The summed E-state index contributed by atoms with van der Waals surface area (Å²) in [7, 11) is 0. The highest BCUT2D eigenvalue weighted by Gasteiger charge is 2.17. The maximum Gasteiger partial charge on any atom is 0.183 e. The van der Waals surface area contributed by atoms with E-state index in [0.29, 0.717) is 24.1 Å². The number of hydrogen-bond donors (Lipinski definition) is 2. The van der Waals surface area contributed by atoms with E-state index in [4.69, 9.17) is 4.74 Å². The Bertz CT molecular complexity index is 308. The molecule has 0 saturated carbocycles. The first-order valence-electron chi connectivity index (χ1n) is 5.74. The Morgan fingerprint density at radius 1 is 1.50 bits per heavy atom. The molecule has 5 heteroatoms. The fourth-order valence-corrected chi connectivity index (χ4v) is 1.89. The maximum atomic E-state index is 13.6. The largest absolute Gasteiger partial charge is 0.381 e. The van der Waals surface area contributed by atoms with Gasteiger partial charge in [0, 0.05) is 25.5 Å². The van der Waals surface area contributed by atoms with Crippen LogP contribution in [0.4, 0.5) is 4.39 Å². The van der Waals surface area contributed by atoms with Gasteiger partial charge in [0.15, 0.2) is 11.7 Å². The van der Waals surface area contributed by atoms with Crippen molar-refractivity contribution in [3.63, 3.8) is 0 Å². The summed E-state index contributed by atoms with van der Waals surface area (Å²) in [4.78, 5) is 4.08. The third-order valence-electron chi connectivity index (χ3n) is 3.02. The van der Waals surface area contributed by atoms with Gasteiger partial charge in [-0.2, -0.15) is 0 Å². The highest BCUT2D eigenvalue weighted by molar-refractivity contribution is 5.97. The molecule has 0 aromatic rings. The van der Waals surface area contributed by atoms with Gasteiger partial charge in [-0.1, -0.05) is 0 Å².